The van der Waals surface area contributed by atoms with Gasteiger partial charge in [0.2, 0.25) is 21.8 Å². The number of benzene rings is 2. The van der Waals surface area contributed by atoms with Gasteiger partial charge in [-0.25, -0.2) is 8.42 Å². The number of aryl methyl sites for hydroxylation is 3. The molecule has 2 saturated heterocycles. The van der Waals surface area contributed by atoms with Crippen molar-refractivity contribution in [3.8, 4) is 0 Å². The van der Waals surface area contributed by atoms with Gasteiger partial charge in [0.25, 0.3) is 0 Å². The molecule has 0 aliphatic carbocycles. The quantitative estimate of drug-likeness (QED) is 0.597. The Hall–Kier alpha value is -2.91. The van der Waals surface area contributed by atoms with Gasteiger partial charge in [-0.15, -0.1) is 0 Å². The monoisotopic (exact) mass is 538 g/mol. The van der Waals surface area contributed by atoms with Crippen LogP contribution in [0, 0.1) is 19.8 Å². The van der Waals surface area contributed by atoms with Gasteiger partial charge in [0.1, 0.15) is 0 Å². The van der Waals surface area contributed by atoms with Gasteiger partial charge in [-0.1, -0.05) is 12.1 Å². The van der Waals surface area contributed by atoms with Crippen molar-refractivity contribution >= 4 is 33.2 Å². The minimum atomic E-state index is -3.73. The number of piperidine rings is 1. The molecule has 0 radical (unpaired) electrons. The summed E-state index contributed by atoms with van der Waals surface area (Å²) in [4.78, 5) is 31.7. The molecule has 0 saturated carbocycles. The highest BCUT2D eigenvalue weighted by Gasteiger charge is 2.36. The molecule has 0 N–H and O–H groups in total. The van der Waals surface area contributed by atoms with Crippen molar-refractivity contribution in [3.63, 3.8) is 0 Å². The maximum absolute atomic E-state index is 13.6. The topological polar surface area (TPSA) is 81.2 Å². The molecular formula is C29H38N4O4S. The van der Waals surface area contributed by atoms with E-state index in [1.165, 1.54) is 28.0 Å². The summed E-state index contributed by atoms with van der Waals surface area (Å²) in [5.74, 6) is -0.293. The summed E-state index contributed by atoms with van der Waals surface area (Å²) in [6.07, 6.45) is 2.94. The largest absolute Gasteiger partial charge is 0.368 e. The fraction of sp³-hybridized carbons (Fsp3) is 0.517. The van der Waals surface area contributed by atoms with Crippen LogP contribution in [0.4, 0.5) is 11.4 Å². The third-order valence-corrected chi connectivity index (χ3v) is 10.1. The maximum Gasteiger partial charge on any atom is 0.243 e. The van der Waals surface area contributed by atoms with E-state index in [0.29, 0.717) is 39.0 Å². The number of amides is 2. The summed E-state index contributed by atoms with van der Waals surface area (Å²) in [6.45, 7) is 9.88. The van der Waals surface area contributed by atoms with E-state index in [4.69, 9.17) is 0 Å². The Bertz CT molecular complexity index is 1330. The molecule has 38 heavy (non-hydrogen) atoms. The Kier molecular flexibility index (Phi) is 7.51. The first-order chi connectivity index (χ1) is 18.1. The lowest BCUT2D eigenvalue weighted by Gasteiger charge is -2.40. The number of rotatable bonds is 4. The van der Waals surface area contributed by atoms with Crippen LogP contribution in [0.5, 0.6) is 0 Å². The van der Waals surface area contributed by atoms with Gasteiger partial charge in [0.15, 0.2) is 0 Å². The molecule has 2 aromatic carbocycles. The molecule has 0 spiro atoms. The van der Waals surface area contributed by atoms with Crippen molar-refractivity contribution < 1.29 is 18.0 Å². The molecule has 0 bridgehead atoms. The summed E-state index contributed by atoms with van der Waals surface area (Å²) < 4.78 is 28.7. The SMILES string of the molecule is CC(=O)N1CCCc2cc(S(=O)(=O)N3CCCC(C(=O)N4CCN(c5cc(C)ccc5C)CC4)C3)ccc21. The Morgan fingerprint density at radius 3 is 2.37 bits per heavy atom. The maximum atomic E-state index is 13.6. The number of carbonyl (C=O) groups excluding carboxylic acids is 2. The molecule has 3 heterocycles. The number of hydrogen-bond donors (Lipinski definition) is 0. The van der Waals surface area contributed by atoms with Crippen LogP contribution in [0.2, 0.25) is 0 Å². The summed E-state index contributed by atoms with van der Waals surface area (Å²) in [6, 6.07) is 11.5. The Balaban J connectivity index is 1.25. The van der Waals surface area contributed by atoms with Crippen LogP contribution in [-0.2, 0) is 26.0 Å². The van der Waals surface area contributed by atoms with E-state index in [9.17, 15) is 18.0 Å². The van der Waals surface area contributed by atoms with Crippen molar-refractivity contribution in [1.29, 1.82) is 0 Å². The predicted molar refractivity (Wildman–Crippen MR) is 149 cm³/mol. The van der Waals surface area contributed by atoms with Crippen molar-refractivity contribution in [2.24, 2.45) is 5.92 Å². The fourth-order valence-corrected chi connectivity index (χ4v) is 7.63. The zero-order chi connectivity index (χ0) is 27.0. The zero-order valence-electron chi connectivity index (χ0n) is 22.6. The lowest BCUT2D eigenvalue weighted by atomic mass is 9.97. The second kappa shape index (κ2) is 10.7. The standard InChI is InChI=1S/C29H38N4O4S/c1-21-8-9-22(2)28(18-21)30-14-16-31(17-15-30)29(35)25-7-4-12-32(20-25)38(36,37)26-10-11-27-24(19-26)6-5-13-33(27)23(3)34/h8-11,18-19,25H,4-7,12-17,20H2,1-3H3. The van der Waals surface area contributed by atoms with Crippen molar-refractivity contribution in [2.75, 3.05) is 55.6 Å². The number of carbonyl (C=O) groups is 2. The van der Waals surface area contributed by atoms with Gasteiger partial charge in [0, 0.05) is 64.1 Å². The van der Waals surface area contributed by atoms with Gasteiger partial charge in [-0.3, -0.25) is 9.59 Å². The molecule has 1 atom stereocenters. The van der Waals surface area contributed by atoms with Crippen LogP contribution >= 0.6 is 0 Å². The number of hydrogen-bond acceptors (Lipinski definition) is 5. The lowest BCUT2D eigenvalue weighted by molar-refractivity contribution is -0.137. The predicted octanol–water partition coefficient (Wildman–Crippen LogP) is 3.35. The molecule has 8 nitrogen and oxygen atoms in total. The number of piperazine rings is 1. The Labute approximate surface area is 226 Å². The van der Waals surface area contributed by atoms with E-state index >= 15 is 0 Å². The molecule has 5 rings (SSSR count). The third-order valence-electron chi connectivity index (χ3n) is 8.22. The van der Waals surface area contributed by atoms with Crippen LogP contribution < -0.4 is 9.80 Å². The van der Waals surface area contributed by atoms with Gasteiger partial charge in [-0.05, 0) is 80.5 Å². The molecule has 2 fully saturated rings. The average molecular weight is 539 g/mol. The van der Waals surface area contributed by atoms with Gasteiger partial charge >= 0.3 is 0 Å². The second-order valence-corrected chi connectivity index (χ2v) is 12.8. The van der Waals surface area contributed by atoms with Crippen molar-refractivity contribution in [3.05, 3.63) is 53.1 Å². The molecule has 2 amide bonds. The number of sulfonamides is 1. The summed E-state index contributed by atoms with van der Waals surface area (Å²) in [7, 11) is -3.73. The van der Waals surface area contributed by atoms with Gasteiger partial charge in [-0.2, -0.15) is 4.31 Å². The van der Waals surface area contributed by atoms with Gasteiger partial charge in [0.05, 0.1) is 10.8 Å². The van der Waals surface area contributed by atoms with E-state index in [1.807, 2.05) is 4.90 Å². The number of anilines is 2. The Morgan fingerprint density at radius 1 is 0.868 bits per heavy atom. The number of nitrogens with zero attached hydrogens (tertiary/aromatic N) is 4. The lowest BCUT2D eigenvalue weighted by Crippen LogP contribution is -2.53. The van der Waals surface area contributed by atoms with Crippen molar-refractivity contribution in [2.45, 2.75) is 51.3 Å². The third kappa shape index (κ3) is 5.18. The van der Waals surface area contributed by atoms with E-state index in [-0.39, 0.29) is 29.2 Å². The first kappa shape index (κ1) is 26.7. The first-order valence-corrected chi connectivity index (χ1v) is 15.1. The molecule has 204 valence electrons. The minimum Gasteiger partial charge on any atom is -0.368 e. The zero-order valence-corrected chi connectivity index (χ0v) is 23.5. The molecule has 2 aromatic rings. The molecule has 3 aliphatic heterocycles. The highest BCUT2D eigenvalue weighted by molar-refractivity contribution is 7.89. The van der Waals surface area contributed by atoms with E-state index in [2.05, 4.69) is 36.9 Å². The molecule has 3 aliphatic rings. The molecule has 0 aromatic heterocycles. The molecule has 1 unspecified atom stereocenters. The average Bonchev–Trinajstić information content (AvgIpc) is 2.93. The summed E-state index contributed by atoms with van der Waals surface area (Å²) in [5.41, 5.74) is 5.37. The highest BCUT2D eigenvalue weighted by Crippen LogP contribution is 2.32. The summed E-state index contributed by atoms with van der Waals surface area (Å²) in [5, 5.41) is 0. The normalized spacial score (nSPS) is 20.8. The van der Waals surface area contributed by atoms with E-state index < -0.39 is 10.0 Å². The van der Waals surface area contributed by atoms with Gasteiger partial charge < -0.3 is 14.7 Å². The molecular weight excluding hydrogens is 500 g/mol. The van der Waals surface area contributed by atoms with Crippen LogP contribution in [0.3, 0.4) is 0 Å². The van der Waals surface area contributed by atoms with Crippen LogP contribution in [0.1, 0.15) is 42.9 Å². The minimum absolute atomic E-state index is 0.0335. The van der Waals surface area contributed by atoms with Crippen LogP contribution in [0.25, 0.3) is 0 Å². The van der Waals surface area contributed by atoms with Crippen LogP contribution in [-0.4, -0.2) is 75.3 Å². The fourth-order valence-electron chi connectivity index (χ4n) is 6.06. The van der Waals surface area contributed by atoms with E-state index in [0.717, 1.165) is 37.2 Å². The first-order valence-electron chi connectivity index (χ1n) is 13.7. The van der Waals surface area contributed by atoms with Crippen LogP contribution in [0.15, 0.2) is 41.3 Å². The Morgan fingerprint density at radius 2 is 1.63 bits per heavy atom. The van der Waals surface area contributed by atoms with Crippen molar-refractivity contribution in [1.82, 2.24) is 9.21 Å². The van der Waals surface area contributed by atoms with E-state index in [1.54, 1.807) is 23.1 Å². The molecule has 9 heteroatoms. The highest BCUT2D eigenvalue weighted by atomic mass is 32.2. The smallest absolute Gasteiger partial charge is 0.243 e. The summed E-state index contributed by atoms with van der Waals surface area (Å²) >= 11 is 0. The second-order valence-electron chi connectivity index (χ2n) is 10.9. The number of fused-ring (bicyclic) bond motifs is 1.